The molecule has 1 N–H and O–H groups in total. The number of carbonyl (C=O) groups excluding carboxylic acids is 2. The van der Waals surface area contributed by atoms with Gasteiger partial charge in [0.2, 0.25) is 5.43 Å². The molecule has 0 aliphatic rings. The van der Waals surface area contributed by atoms with Gasteiger partial charge in [-0.2, -0.15) is 0 Å². The highest BCUT2D eigenvalue weighted by molar-refractivity contribution is 6.30. The van der Waals surface area contributed by atoms with Crippen LogP contribution in [0.5, 0.6) is 0 Å². The zero-order valence-electron chi connectivity index (χ0n) is 15.7. The smallest absolute Gasteiger partial charge is 0.279 e. The minimum atomic E-state index is -0.794. The van der Waals surface area contributed by atoms with Crippen LogP contribution in [-0.4, -0.2) is 22.4 Å². The summed E-state index contributed by atoms with van der Waals surface area (Å²) in [4.78, 5) is 38.5. The maximum atomic E-state index is 13.1. The van der Waals surface area contributed by atoms with Crippen LogP contribution in [0.4, 0.5) is 0 Å². The third kappa shape index (κ3) is 3.92. The van der Waals surface area contributed by atoms with Crippen LogP contribution < -0.4 is 10.9 Å². The van der Waals surface area contributed by atoms with Crippen molar-refractivity contribution in [2.45, 2.75) is 26.3 Å². The highest BCUT2D eigenvalue weighted by Crippen LogP contribution is 2.17. The number of hydrogen-bond acceptors (Lipinski definition) is 4. The van der Waals surface area contributed by atoms with Crippen molar-refractivity contribution in [3.63, 3.8) is 0 Å². The van der Waals surface area contributed by atoms with Crippen molar-refractivity contribution in [1.82, 2.24) is 10.4 Å². The Morgan fingerprint density at radius 3 is 2.32 bits per heavy atom. The molecule has 0 saturated carbocycles. The first kappa shape index (κ1) is 19.6. The van der Waals surface area contributed by atoms with Gasteiger partial charge in [-0.05, 0) is 57.2 Å². The molecule has 0 fully saturated rings. The molecule has 0 saturated heterocycles. The number of para-hydroxylation sites is 1. The van der Waals surface area contributed by atoms with E-state index in [-0.39, 0.29) is 5.56 Å². The van der Waals surface area contributed by atoms with Gasteiger partial charge in [0.1, 0.15) is 17.4 Å². The van der Waals surface area contributed by atoms with Gasteiger partial charge in [0.15, 0.2) is 0 Å². The van der Waals surface area contributed by atoms with E-state index in [1.165, 1.54) is 0 Å². The summed E-state index contributed by atoms with van der Waals surface area (Å²) in [5, 5.41) is 1.92. The Morgan fingerprint density at radius 1 is 1.04 bits per heavy atom. The Bertz CT molecular complexity index is 1100. The standard InChI is InChI=1S/C21H19ClN2O4/c1-21(2,3)24(23-19(26)13-8-10-14(22)11-9-13)20(27)16-12-28-17-7-5-4-6-15(17)18(16)25/h4-12H,1-3H3,(H,23,26). The lowest BCUT2D eigenvalue weighted by molar-refractivity contribution is 0.0356. The van der Waals surface area contributed by atoms with Gasteiger partial charge >= 0.3 is 0 Å². The molecule has 3 aromatic rings. The van der Waals surface area contributed by atoms with Gasteiger partial charge in [-0.15, -0.1) is 0 Å². The average molecular weight is 399 g/mol. The monoisotopic (exact) mass is 398 g/mol. The molecule has 0 aliphatic carbocycles. The highest BCUT2D eigenvalue weighted by atomic mass is 35.5. The number of hydrazine groups is 1. The lowest BCUT2D eigenvalue weighted by atomic mass is 10.1. The van der Waals surface area contributed by atoms with Gasteiger partial charge in [-0.3, -0.25) is 19.8 Å². The van der Waals surface area contributed by atoms with Gasteiger partial charge in [0, 0.05) is 10.6 Å². The summed E-state index contributed by atoms with van der Waals surface area (Å²) in [5.41, 5.74) is 1.89. The molecule has 2 aromatic carbocycles. The zero-order chi connectivity index (χ0) is 20.5. The summed E-state index contributed by atoms with van der Waals surface area (Å²) in [6, 6.07) is 12.9. The van der Waals surface area contributed by atoms with E-state index in [1.807, 2.05) is 0 Å². The van der Waals surface area contributed by atoms with E-state index in [1.54, 1.807) is 69.3 Å². The lowest BCUT2D eigenvalue weighted by Gasteiger charge is -2.35. The van der Waals surface area contributed by atoms with E-state index in [0.717, 1.165) is 11.3 Å². The first-order chi connectivity index (χ1) is 13.2. The van der Waals surface area contributed by atoms with E-state index in [0.29, 0.717) is 21.6 Å². The van der Waals surface area contributed by atoms with E-state index >= 15 is 0 Å². The first-order valence-electron chi connectivity index (χ1n) is 8.60. The van der Waals surface area contributed by atoms with E-state index in [4.69, 9.17) is 16.0 Å². The van der Waals surface area contributed by atoms with Crippen molar-refractivity contribution in [1.29, 1.82) is 0 Å². The van der Waals surface area contributed by atoms with Crippen LogP contribution in [-0.2, 0) is 0 Å². The number of fused-ring (bicyclic) bond motifs is 1. The topological polar surface area (TPSA) is 79.6 Å². The van der Waals surface area contributed by atoms with Gasteiger partial charge in [0.25, 0.3) is 11.8 Å². The Kier molecular flexibility index (Phi) is 5.25. The summed E-state index contributed by atoms with van der Waals surface area (Å²) in [7, 11) is 0. The van der Waals surface area contributed by atoms with Crippen LogP contribution >= 0.6 is 11.6 Å². The molecule has 2 amide bonds. The van der Waals surface area contributed by atoms with Crippen molar-refractivity contribution < 1.29 is 14.0 Å². The van der Waals surface area contributed by atoms with Crippen molar-refractivity contribution in [2.24, 2.45) is 0 Å². The van der Waals surface area contributed by atoms with Crippen molar-refractivity contribution in [2.75, 3.05) is 0 Å². The SMILES string of the molecule is CC(C)(C)N(NC(=O)c1ccc(Cl)cc1)C(=O)c1coc2ccccc2c1=O. The van der Waals surface area contributed by atoms with Crippen LogP contribution in [0.1, 0.15) is 41.5 Å². The first-order valence-corrected chi connectivity index (χ1v) is 8.98. The minimum absolute atomic E-state index is 0.162. The molecule has 28 heavy (non-hydrogen) atoms. The van der Waals surface area contributed by atoms with Crippen molar-refractivity contribution in [3.05, 3.63) is 81.2 Å². The van der Waals surface area contributed by atoms with E-state index in [2.05, 4.69) is 5.43 Å². The second-order valence-corrected chi connectivity index (χ2v) is 7.67. The van der Waals surface area contributed by atoms with Crippen LogP contribution in [0.2, 0.25) is 5.02 Å². The molecule has 0 bridgehead atoms. The fourth-order valence-electron chi connectivity index (χ4n) is 2.64. The van der Waals surface area contributed by atoms with Gasteiger partial charge < -0.3 is 4.42 Å². The second kappa shape index (κ2) is 7.48. The molecule has 0 atom stereocenters. The molecule has 144 valence electrons. The molecule has 0 aliphatic heterocycles. The zero-order valence-corrected chi connectivity index (χ0v) is 16.4. The second-order valence-electron chi connectivity index (χ2n) is 7.23. The maximum absolute atomic E-state index is 13.1. The fraction of sp³-hybridized carbons (Fsp3) is 0.190. The largest absolute Gasteiger partial charge is 0.463 e. The van der Waals surface area contributed by atoms with Crippen LogP contribution in [0.25, 0.3) is 11.0 Å². The molecule has 3 rings (SSSR count). The van der Waals surface area contributed by atoms with E-state index in [9.17, 15) is 14.4 Å². The maximum Gasteiger partial charge on any atom is 0.279 e. The molecule has 0 radical (unpaired) electrons. The molecule has 0 unspecified atom stereocenters. The normalized spacial score (nSPS) is 11.3. The Labute approximate surface area is 166 Å². The molecule has 0 spiro atoms. The van der Waals surface area contributed by atoms with Gasteiger partial charge in [-0.25, -0.2) is 5.01 Å². The number of nitrogens with one attached hydrogen (secondary N) is 1. The van der Waals surface area contributed by atoms with Crippen LogP contribution in [0.3, 0.4) is 0 Å². The average Bonchev–Trinajstić information content (AvgIpc) is 2.65. The number of amides is 2. The summed E-state index contributed by atoms with van der Waals surface area (Å²) >= 11 is 5.85. The summed E-state index contributed by atoms with van der Waals surface area (Å²) in [6.45, 7) is 5.24. The molecular weight excluding hydrogens is 380 g/mol. The predicted molar refractivity (Wildman–Crippen MR) is 107 cm³/mol. The highest BCUT2D eigenvalue weighted by Gasteiger charge is 2.31. The molecule has 1 heterocycles. The van der Waals surface area contributed by atoms with Crippen molar-refractivity contribution in [3.8, 4) is 0 Å². The molecule has 6 nitrogen and oxygen atoms in total. The lowest BCUT2D eigenvalue weighted by Crippen LogP contribution is -2.56. The number of carbonyl (C=O) groups is 2. The Hall–Kier alpha value is -3.12. The molecule has 7 heteroatoms. The van der Waals surface area contributed by atoms with Crippen LogP contribution in [0, 0.1) is 0 Å². The third-order valence-electron chi connectivity index (χ3n) is 4.10. The Balaban J connectivity index is 1.97. The quantitative estimate of drug-likeness (QED) is 0.661. The Morgan fingerprint density at radius 2 is 1.68 bits per heavy atom. The predicted octanol–water partition coefficient (Wildman–Crippen LogP) is 4.03. The minimum Gasteiger partial charge on any atom is -0.463 e. The molecule has 1 aromatic heterocycles. The van der Waals surface area contributed by atoms with Crippen LogP contribution in [0.15, 0.2) is 64.0 Å². The summed E-state index contributed by atoms with van der Waals surface area (Å²) in [5.74, 6) is -1.15. The summed E-state index contributed by atoms with van der Waals surface area (Å²) < 4.78 is 5.44. The fourth-order valence-corrected chi connectivity index (χ4v) is 2.76. The number of halogens is 1. The number of rotatable bonds is 2. The van der Waals surface area contributed by atoms with Gasteiger partial charge in [0.05, 0.1) is 10.9 Å². The molecular formula is C21H19ClN2O4. The van der Waals surface area contributed by atoms with E-state index < -0.39 is 22.8 Å². The summed E-state index contributed by atoms with van der Waals surface area (Å²) in [6.07, 6.45) is 1.13. The number of benzene rings is 2. The number of nitrogens with zero attached hydrogens (tertiary/aromatic N) is 1. The third-order valence-corrected chi connectivity index (χ3v) is 4.36. The van der Waals surface area contributed by atoms with Crippen molar-refractivity contribution >= 4 is 34.4 Å². The van der Waals surface area contributed by atoms with Gasteiger partial charge in [-0.1, -0.05) is 23.7 Å². The number of hydrogen-bond donors (Lipinski definition) is 1.